The molecule has 0 bridgehead atoms. The molecule has 0 radical (unpaired) electrons. The topological polar surface area (TPSA) is 52.7 Å². The summed E-state index contributed by atoms with van der Waals surface area (Å²) in [6.45, 7) is 2.96. The summed E-state index contributed by atoms with van der Waals surface area (Å²) in [6.07, 6.45) is 2.04. The molecule has 146 valence electrons. The van der Waals surface area contributed by atoms with Gasteiger partial charge in [-0.25, -0.2) is 8.78 Å². The van der Waals surface area contributed by atoms with Crippen molar-refractivity contribution in [2.75, 3.05) is 36.4 Å². The van der Waals surface area contributed by atoms with Gasteiger partial charge in [0.2, 0.25) is 5.91 Å². The van der Waals surface area contributed by atoms with Crippen molar-refractivity contribution in [3.05, 3.63) is 59.7 Å². The second kappa shape index (κ2) is 7.58. The second-order valence-electron chi connectivity index (χ2n) is 7.22. The number of hydrogen-bond acceptors (Lipinski definition) is 3. The molecule has 0 spiro atoms. The van der Waals surface area contributed by atoms with Crippen LogP contribution in [-0.2, 0) is 4.79 Å². The van der Waals surface area contributed by atoms with Gasteiger partial charge in [-0.2, -0.15) is 0 Å². The first kappa shape index (κ1) is 18.4. The molecule has 1 saturated carbocycles. The zero-order valence-corrected chi connectivity index (χ0v) is 15.3. The molecule has 1 aliphatic heterocycles. The van der Waals surface area contributed by atoms with Gasteiger partial charge in [-0.1, -0.05) is 0 Å². The molecule has 1 aliphatic carbocycles. The predicted octanol–water partition coefficient (Wildman–Crippen LogP) is 3.28. The molecule has 28 heavy (non-hydrogen) atoms. The van der Waals surface area contributed by atoms with Gasteiger partial charge in [-0.05, 0) is 49.2 Å². The maximum Gasteiger partial charge on any atom is 0.255 e. The molecule has 1 saturated heterocycles. The molecule has 0 unspecified atom stereocenters. The summed E-state index contributed by atoms with van der Waals surface area (Å²) in [4.78, 5) is 28.6. The summed E-state index contributed by atoms with van der Waals surface area (Å²) < 4.78 is 26.2. The molecule has 2 fully saturated rings. The van der Waals surface area contributed by atoms with E-state index in [2.05, 4.69) is 10.2 Å². The van der Waals surface area contributed by atoms with E-state index in [9.17, 15) is 18.4 Å². The Morgan fingerprint density at radius 3 is 2.18 bits per heavy atom. The Kier molecular flexibility index (Phi) is 4.98. The van der Waals surface area contributed by atoms with Crippen molar-refractivity contribution in [3.8, 4) is 0 Å². The van der Waals surface area contributed by atoms with E-state index in [1.165, 1.54) is 6.07 Å². The Bertz CT molecular complexity index is 889. The van der Waals surface area contributed by atoms with Crippen LogP contribution < -0.4 is 10.2 Å². The Balaban J connectivity index is 1.35. The number of rotatable bonds is 4. The van der Waals surface area contributed by atoms with Gasteiger partial charge < -0.3 is 15.1 Å². The molecule has 1 N–H and O–H groups in total. The van der Waals surface area contributed by atoms with Crippen LogP contribution in [-0.4, -0.2) is 42.9 Å². The molecular weight excluding hydrogens is 364 g/mol. The lowest BCUT2D eigenvalue weighted by Gasteiger charge is -2.36. The molecule has 2 amide bonds. The quantitative estimate of drug-likeness (QED) is 0.879. The molecular formula is C21H21F2N3O2. The molecule has 7 heteroatoms. The first-order chi connectivity index (χ1) is 13.5. The number of carbonyl (C=O) groups is 2. The monoisotopic (exact) mass is 385 g/mol. The SMILES string of the molecule is O=C(Nc1ccc(F)c(F)c1)c1ccc(N2CCN(C(=O)C3CC3)CC2)cc1. The fourth-order valence-corrected chi connectivity index (χ4v) is 3.37. The van der Waals surface area contributed by atoms with E-state index in [0.717, 1.165) is 43.8 Å². The molecule has 0 aromatic heterocycles. The van der Waals surface area contributed by atoms with Crippen LogP contribution in [0.1, 0.15) is 23.2 Å². The fourth-order valence-electron chi connectivity index (χ4n) is 3.37. The van der Waals surface area contributed by atoms with Crippen molar-refractivity contribution in [1.29, 1.82) is 0 Å². The first-order valence-corrected chi connectivity index (χ1v) is 9.41. The number of anilines is 2. The van der Waals surface area contributed by atoms with Crippen LogP contribution >= 0.6 is 0 Å². The van der Waals surface area contributed by atoms with Crippen LogP contribution in [0.2, 0.25) is 0 Å². The van der Waals surface area contributed by atoms with Gasteiger partial charge >= 0.3 is 0 Å². The van der Waals surface area contributed by atoms with Gasteiger partial charge in [0.05, 0.1) is 0 Å². The van der Waals surface area contributed by atoms with Crippen LogP contribution in [0.25, 0.3) is 0 Å². The number of halogens is 2. The summed E-state index contributed by atoms with van der Waals surface area (Å²) >= 11 is 0. The van der Waals surface area contributed by atoms with Gasteiger partial charge in [0, 0.05) is 55.1 Å². The lowest BCUT2D eigenvalue weighted by Crippen LogP contribution is -2.49. The second-order valence-corrected chi connectivity index (χ2v) is 7.22. The van der Waals surface area contributed by atoms with Gasteiger partial charge in [-0.3, -0.25) is 9.59 Å². The van der Waals surface area contributed by atoms with E-state index >= 15 is 0 Å². The standard InChI is InChI=1S/C21H21F2N3O2/c22-18-8-5-16(13-19(18)23)24-20(27)14-3-6-17(7-4-14)25-9-11-26(12-10-25)21(28)15-1-2-15/h3-8,13,15H,1-2,9-12H2,(H,24,27). The molecule has 2 aromatic carbocycles. The van der Waals surface area contributed by atoms with E-state index in [1.807, 2.05) is 17.0 Å². The lowest BCUT2D eigenvalue weighted by atomic mass is 10.1. The van der Waals surface area contributed by atoms with Crippen molar-refractivity contribution < 1.29 is 18.4 Å². The number of nitrogens with one attached hydrogen (secondary N) is 1. The average molecular weight is 385 g/mol. The number of amides is 2. The number of carbonyl (C=O) groups excluding carboxylic acids is 2. The highest BCUT2D eigenvalue weighted by Crippen LogP contribution is 2.31. The Labute approximate surface area is 161 Å². The third kappa shape index (κ3) is 3.98. The van der Waals surface area contributed by atoms with Crippen LogP contribution in [0, 0.1) is 17.6 Å². The minimum atomic E-state index is -1.01. The highest BCUT2D eigenvalue weighted by molar-refractivity contribution is 6.04. The third-order valence-electron chi connectivity index (χ3n) is 5.19. The largest absolute Gasteiger partial charge is 0.368 e. The summed E-state index contributed by atoms with van der Waals surface area (Å²) in [6, 6.07) is 10.4. The minimum absolute atomic E-state index is 0.199. The summed E-state index contributed by atoms with van der Waals surface area (Å²) in [5, 5.41) is 2.56. The zero-order chi connectivity index (χ0) is 19.7. The number of piperazine rings is 1. The molecule has 2 aliphatic rings. The lowest BCUT2D eigenvalue weighted by molar-refractivity contribution is -0.132. The molecule has 2 aromatic rings. The van der Waals surface area contributed by atoms with Crippen molar-refractivity contribution in [2.24, 2.45) is 5.92 Å². The molecule has 5 nitrogen and oxygen atoms in total. The zero-order valence-electron chi connectivity index (χ0n) is 15.3. The van der Waals surface area contributed by atoms with Crippen LogP contribution in [0.15, 0.2) is 42.5 Å². The third-order valence-corrected chi connectivity index (χ3v) is 5.19. The Morgan fingerprint density at radius 2 is 1.57 bits per heavy atom. The van der Waals surface area contributed by atoms with Gasteiger partial charge in [0.1, 0.15) is 0 Å². The van der Waals surface area contributed by atoms with E-state index in [1.54, 1.807) is 12.1 Å². The fraction of sp³-hybridized carbons (Fsp3) is 0.333. The summed E-state index contributed by atoms with van der Waals surface area (Å²) in [5.41, 5.74) is 1.61. The number of benzene rings is 2. The van der Waals surface area contributed by atoms with Gasteiger partial charge in [0.15, 0.2) is 11.6 Å². The van der Waals surface area contributed by atoms with E-state index in [4.69, 9.17) is 0 Å². The van der Waals surface area contributed by atoms with E-state index < -0.39 is 17.5 Å². The maximum absolute atomic E-state index is 13.3. The average Bonchev–Trinajstić information content (AvgIpc) is 3.56. The van der Waals surface area contributed by atoms with Gasteiger partial charge in [0.25, 0.3) is 5.91 Å². The van der Waals surface area contributed by atoms with E-state index in [0.29, 0.717) is 18.7 Å². The predicted molar refractivity (Wildman–Crippen MR) is 102 cm³/mol. The van der Waals surface area contributed by atoms with Crippen LogP contribution in [0.4, 0.5) is 20.2 Å². The molecule has 4 rings (SSSR count). The highest BCUT2D eigenvalue weighted by Gasteiger charge is 2.34. The molecule has 0 atom stereocenters. The Hall–Kier alpha value is -2.96. The van der Waals surface area contributed by atoms with Crippen molar-refractivity contribution in [1.82, 2.24) is 4.90 Å². The van der Waals surface area contributed by atoms with Crippen molar-refractivity contribution >= 4 is 23.2 Å². The van der Waals surface area contributed by atoms with Crippen molar-refractivity contribution in [3.63, 3.8) is 0 Å². The number of nitrogens with zero attached hydrogens (tertiary/aromatic N) is 2. The van der Waals surface area contributed by atoms with E-state index in [-0.39, 0.29) is 17.5 Å². The molecule has 1 heterocycles. The normalized spacial score (nSPS) is 16.8. The van der Waals surface area contributed by atoms with Crippen molar-refractivity contribution in [2.45, 2.75) is 12.8 Å². The number of hydrogen-bond donors (Lipinski definition) is 1. The minimum Gasteiger partial charge on any atom is -0.368 e. The highest BCUT2D eigenvalue weighted by atomic mass is 19.2. The Morgan fingerprint density at radius 1 is 0.893 bits per heavy atom. The maximum atomic E-state index is 13.3. The summed E-state index contributed by atoms with van der Waals surface area (Å²) in [5.74, 6) is -1.83. The van der Waals surface area contributed by atoms with Crippen LogP contribution in [0.3, 0.4) is 0 Å². The smallest absolute Gasteiger partial charge is 0.255 e. The first-order valence-electron chi connectivity index (χ1n) is 9.41. The summed E-state index contributed by atoms with van der Waals surface area (Å²) in [7, 11) is 0. The van der Waals surface area contributed by atoms with Gasteiger partial charge in [-0.15, -0.1) is 0 Å². The van der Waals surface area contributed by atoms with Crippen LogP contribution in [0.5, 0.6) is 0 Å².